The van der Waals surface area contributed by atoms with Crippen LogP contribution in [0.5, 0.6) is 0 Å². The zero-order valence-electron chi connectivity index (χ0n) is 5.56. The highest BCUT2D eigenvalue weighted by molar-refractivity contribution is 7.69. The van der Waals surface area contributed by atoms with Crippen LogP contribution in [-0.4, -0.2) is 26.6 Å². The summed E-state index contributed by atoms with van der Waals surface area (Å²) < 4.78 is 5.34. The summed E-state index contributed by atoms with van der Waals surface area (Å²) in [6.45, 7) is 9.38. The Labute approximate surface area is 46.5 Å². The van der Waals surface area contributed by atoms with Crippen molar-refractivity contribution in [3.05, 3.63) is 0 Å². The summed E-state index contributed by atoms with van der Waals surface area (Å²) in [5, 5.41) is 0. The van der Waals surface area contributed by atoms with Crippen LogP contribution in [0.2, 0.25) is 0 Å². The van der Waals surface area contributed by atoms with Gasteiger partial charge in [-0.1, -0.05) is 0 Å². The number of rotatable bonds is 2. The molecule has 0 unspecified atom stereocenters. The van der Waals surface area contributed by atoms with Crippen LogP contribution in [0.1, 0.15) is 6.92 Å². The fraction of sp³-hybridized carbons (Fsp3) is 1.00. The molecule has 0 saturated carbocycles. The van der Waals surface area contributed by atoms with Gasteiger partial charge in [-0.25, -0.2) is 4.52 Å². The van der Waals surface area contributed by atoms with Crippen molar-refractivity contribution >= 4 is 7.49 Å². The second-order valence-electron chi connectivity index (χ2n) is 2.31. The van der Waals surface area contributed by atoms with E-state index in [2.05, 4.69) is 20.0 Å². The van der Waals surface area contributed by atoms with Crippen LogP contribution < -0.4 is 0 Å². The Balaban J connectivity index is 3.15. The van der Waals surface area contributed by atoms with Crippen molar-refractivity contribution in [2.45, 2.75) is 6.92 Å². The maximum absolute atomic E-state index is 5.34. The molecule has 0 N–H and O–H groups in total. The molecule has 0 bridgehead atoms. The third kappa shape index (κ3) is 6.39. The number of hydrogen-bond acceptors (Lipinski definition) is 1. The molecule has 0 aliphatic rings. The van der Waals surface area contributed by atoms with Crippen LogP contribution in [0.3, 0.4) is 0 Å². The molecule has 2 heteroatoms. The normalized spacial score (nSPS) is 12.0. The molecule has 0 amide bonds. The second kappa shape index (κ2) is 2.64. The molecular weight excluding hydrogens is 107 g/mol. The topological polar surface area (TPSA) is 9.23 Å². The molecule has 0 atom stereocenters. The van der Waals surface area contributed by atoms with Gasteiger partial charge in [0.05, 0.1) is 26.6 Å². The van der Waals surface area contributed by atoms with Crippen molar-refractivity contribution in [1.29, 1.82) is 0 Å². The lowest BCUT2D eigenvalue weighted by Crippen LogP contribution is -1.90. The van der Waals surface area contributed by atoms with Gasteiger partial charge in [0.25, 0.3) is 0 Å². The zero-order chi connectivity index (χ0) is 5.91. The first-order valence-electron chi connectivity index (χ1n) is 2.52. The third-order valence-corrected chi connectivity index (χ3v) is 1.55. The van der Waals surface area contributed by atoms with E-state index < -0.39 is 7.49 Å². The van der Waals surface area contributed by atoms with Gasteiger partial charge in [0.15, 0.2) is 0 Å². The Morgan fingerprint density at radius 1 is 1.29 bits per heavy atom. The zero-order valence-corrected chi connectivity index (χ0v) is 6.46. The second-order valence-corrected chi connectivity index (χ2v) is 6.34. The van der Waals surface area contributed by atoms with E-state index in [0.717, 1.165) is 6.61 Å². The molecule has 0 aromatic heterocycles. The van der Waals surface area contributed by atoms with Crippen LogP contribution in [-0.2, 0) is 4.52 Å². The summed E-state index contributed by atoms with van der Waals surface area (Å²) in [7, 11) is -0.916. The van der Waals surface area contributed by atoms with E-state index in [4.69, 9.17) is 4.52 Å². The molecule has 44 valence electrons. The van der Waals surface area contributed by atoms with Gasteiger partial charge in [-0.3, -0.25) is 0 Å². The van der Waals surface area contributed by atoms with Crippen LogP contribution in [0, 0.1) is 0 Å². The average Bonchev–Trinajstić information content (AvgIpc) is 1.30. The molecule has 1 nitrogen and oxygen atoms in total. The van der Waals surface area contributed by atoms with E-state index in [-0.39, 0.29) is 0 Å². The smallest absolute Gasteiger partial charge is 0.136 e. The maximum Gasteiger partial charge on any atom is 0.136 e. The van der Waals surface area contributed by atoms with Gasteiger partial charge in [-0.05, 0) is 6.92 Å². The van der Waals surface area contributed by atoms with E-state index in [9.17, 15) is 0 Å². The minimum absolute atomic E-state index is 0.858. The highest BCUT2D eigenvalue weighted by Gasteiger charge is 2.15. The van der Waals surface area contributed by atoms with Crippen molar-refractivity contribution < 1.29 is 4.52 Å². The van der Waals surface area contributed by atoms with Crippen molar-refractivity contribution in [2.75, 3.05) is 26.6 Å². The van der Waals surface area contributed by atoms with Crippen molar-refractivity contribution in [1.82, 2.24) is 0 Å². The average molecular weight is 121 g/mol. The van der Waals surface area contributed by atoms with Gasteiger partial charge >= 0.3 is 0 Å². The molecule has 0 heterocycles. The van der Waals surface area contributed by atoms with Gasteiger partial charge < -0.3 is 0 Å². The first-order chi connectivity index (χ1) is 3.06. The van der Waals surface area contributed by atoms with Crippen molar-refractivity contribution in [3.63, 3.8) is 0 Å². The molecule has 0 rings (SSSR count). The molecular formula is C5H14OP+. The highest BCUT2D eigenvalue weighted by atomic mass is 31.2. The molecule has 0 fully saturated rings. The maximum atomic E-state index is 5.34. The Bertz CT molecular complexity index is 46.5. The van der Waals surface area contributed by atoms with Crippen LogP contribution in [0.15, 0.2) is 0 Å². The summed E-state index contributed by atoms with van der Waals surface area (Å²) in [5.74, 6) is 0. The standard InChI is InChI=1S/C5H14OP/c1-5-6-7(2,3)4/h5H2,1-4H3/q+1. The summed E-state index contributed by atoms with van der Waals surface area (Å²) in [5.41, 5.74) is 0. The van der Waals surface area contributed by atoms with E-state index in [0.29, 0.717) is 0 Å². The lowest BCUT2D eigenvalue weighted by molar-refractivity contribution is 0.373. The molecule has 0 radical (unpaired) electrons. The summed E-state index contributed by atoms with van der Waals surface area (Å²) in [6.07, 6.45) is 0. The fourth-order valence-corrected chi connectivity index (χ4v) is 1.16. The van der Waals surface area contributed by atoms with Crippen molar-refractivity contribution in [2.24, 2.45) is 0 Å². The first kappa shape index (κ1) is 7.39. The van der Waals surface area contributed by atoms with E-state index >= 15 is 0 Å². The Morgan fingerprint density at radius 3 is 1.71 bits per heavy atom. The van der Waals surface area contributed by atoms with Gasteiger partial charge in [0, 0.05) is 0 Å². The Hall–Kier alpha value is 0.390. The van der Waals surface area contributed by atoms with Gasteiger partial charge in [0.1, 0.15) is 7.49 Å². The Morgan fingerprint density at radius 2 is 1.71 bits per heavy atom. The molecule has 7 heavy (non-hydrogen) atoms. The summed E-state index contributed by atoms with van der Waals surface area (Å²) in [4.78, 5) is 0. The van der Waals surface area contributed by atoms with Gasteiger partial charge in [0.2, 0.25) is 0 Å². The van der Waals surface area contributed by atoms with Gasteiger partial charge in [-0.15, -0.1) is 0 Å². The molecule has 0 aliphatic heterocycles. The van der Waals surface area contributed by atoms with Crippen LogP contribution in [0.4, 0.5) is 0 Å². The number of hydrogen-bond donors (Lipinski definition) is 0. The predicted octanol–water partition coefficient (Wildman–Crippen LogP) is 1.84. The lowest BCUT2D eigenvalue weighted by atomic mass is 10.9. The largest absolute Gasteiger partial charge is 0.239 e. The third-order valence-electron chi connectivity index (χ3n) is 0.516. The Kier molecular flexibility index (Phi) is 2.78. The molecule has 0 aliphatic carbocycles. The minimum Gasteiger partial charge on any atom is -0.239 e. The molecule has 0 spiro atoms. The lowest BCUT2D eigenvalue weighted by Gasteiger charge is -2.07. The molecule has 0 aromatic rings. The summed E-state index contributed by atoms with van der Waals surface area (Å²) in [6, 6.07) is 0. The van der Waals surface area contributed by atoms with Crippen LogP contribution >= 0.6 is 7.49 Å². The molecule has 0 aromatic carbocycles. The van der Waals surface area contributed by atoms with Gasteiger partial charge in [-0.2, -0.15) is 0 Å². The van der Waals surface area contributed by atoms with Crippen molar-refractivity contribution in [3.8, 4) is 0 Å². The van der Waals surface area contributed by atoms with Crippen LogP contribution in [0.25, 0.3) is 0 Å². The minimum atomic E-state index is -0.916. The predicted molar refractivity (Wildman–Crippen MR) is 36.3 cm³/mol. The monoisotopic (exact) mass is 121 g/mol. The SMILES string of the molecule is CCO[P+](C)(C)C. The highest BCUT2D eigenvalue weighted by Crippen LogP contribution is 2.47. The van der Waals surface area contributed by atoms with E-state index in [1.54, 1.807) is 0 Å². The van der Waals surface area contributed by atoms with E-state index in [1.807, 2.05) is 6.92 Å². The quantitative estimate of drug-likeness (QED) is 0.506. The first-order valence-corrected chi connectivity index (χ1v) is 5.57. The fourth-order valence-electron chi connectivity index (χ4n) is 0.387. The molecule has 0 saturated heterocycles. The van der Waals surface area contributed by atoms with E-state index in [1.165, 1.54) is 0 Å². The summed E-state index contributed by atoms with van der Waals surface area (Å²) >= 11 is 0.